The topological polar surface area (TPSA) is 203 Å². The van der Waals surface area contributed by atoms with Crippen LogP contribution in [0.1, 0.15) is 77.2 Å². The van der Waals surface area contributed by atoms with Gasteiger partial charge in [0.05, 0.1) is 38.2 Å². The number of H-pyrrole nitrogens is 1. The van der Waals surface area contributed by atoms with Crippen molar-refractivity contribution in [3.05, 3.63) is 48.1 Å². The van der Waals surface area contributed by atoms with Gasteiger partial charge in [-0.2, -0.15) is 0 Å². The molecule has 0 radical (unpaired) electrons. The van der Waals surface area contributed by atoms with Gasteiger partial charge in [0.25, 0.3) is 5.88 Å². The number of rotatable bonds is 10. The number of ether oxygens (including phenoxy) is 4. The molecule has 2 saturated heterocycles. The molecule has 296 valence electrons. The zero-order chi connectivity index (χ0) is 39.7. The van der Waals surface area contributed by atoms with Crippen LogP contribution in [0.25, 0.3) is 17.0 Å². The first-order valence-electron chi connectivity index (χ1n) is 18.9. The average Bonchev–Trinajstić information content (AvgIpc) is 4.03. The van der Waals surface area contributed by atoms with Crippen molar-refractivity contribution in [3.63, 3.8) is 0 Å². The number of imidazole rings is 1. The number of aromatic nitrogens is 4. The number of nitrogens with one attached hydrogen (secondary N) is 3. The van der Waals surface area contributed by atoms with Gasteiger partial charge in [0.1, 0.15) is 23.6 Å². The van der Waals surface area contributed by atoms with Crippen molar-refractivity contribution < 1.29 is 38.1 Å². The summed E-state index contributed by atoms with van der Waals surface area (Å²) in [6.45, 7) is 8.67. The van der Waals surface area contributed by atoms with Gasteiger partial charge in [-0.15, -0.1) is 10.2 Å². The molecule has 1 aromatic carbocycles. The molecule has 2 fully saturated rings. The van der Waals surface area contributed by atoms with Crippen molar-refractivity contribution in [3.8, 4) is 34.5 Å². The maximum atomic E-state index is 13.6. The van der Waals surface area contributed by atoms with E-state index in [9.17, 15) is 19.2 Å². The molecule has 4 amide bonds. The summed E-state index contributed by atoms with van der Waals surface area (Å²) >= 11 is 0. The molecule has 0 spiro atoms. The van der Waals surface area contributed by atoms with Gasteiger partial charge in [-0.1, -0.05) is 33.8 Å². The number of benzene rings is 1. The second-order valence-corrected chi connectivity index (χ2v) is 15.0. The van der Waals surface area contributed by atoms with Gasteiger partial charge in [0, 0.05) is 37.5 Å². The van der Waals surface area contributed by atoms with Crippen LogP contribution in [0.15, 0.2) is 41.7 Å². The molecule has 2 aromatic heterocycles. The minimum atomic E-state index is -0.734. The number of aliphatic imine (C=N–C) groups is 1. The van der Waals surface area contributed by atoms with E-state index in [1.54, 1.807) is 17.2 Å². The Morgan fingerprint density at radius 1 is 0.821 bits per heavy atom. The zero-order valence-electron chi connectivity index (χ0n) is 32.3. The van der Waals surface area contributed by atoms with Crippen LogP contribution in [0.3, 0.4) is 0 Å². The van der Waals surface area contributed by atoms with E-state index in [1.807, 2.05) is 57.0 Å². The van der Waals surface area contributed by atoms with Gasteiger partial charge in [-0.3, -0.25) is 14.6 Å². The predicted octanol–water partition coefficient (Wildman–Crippen LogP) is 5.37. The Bertz CT molecular complexity index is 2080. The maximum Gasteiger partial charge on any atom is 0.407 e. The fourth-order valence-corrected chi connectivity index (χ4v) is 7.65. The molecule has 4 atom stereocenters. The highest BCUT2D eigenvalue weighted by molar-refractivity contribution is 6.04. The highest BCUT2D eigenvalue weighted by Gasteiger charge is 2.40. The van der Waals surface area contributed by atoms with Crippen LogP contribution in [0.2, 0.25) is 0 Å². The SMILES string of the molecule is COC(=O)N[C@H](C(=O)N1CCC[C@H]1C1=NC=C(c2ccc3c(c2)Oc2nnc(-c4cnc([C@@H]5CCCN5C(=O)[C@@H](NC(=O)OC)C(C)C)[nH]4)cc2O3)C1)C(C)C. The van der Waals surface area contributed by atoms with Crippen LogP contribution < -0.4 is 20.1 Å². The molecule has 0 saturated carbocycles. The van der Waals surface area contributed by atoms with E-state index in [0.29, 0.717) is 60.4 Å². The molecular formula is C39H47N9O8. The monoisotopic (exact) mass is 769 g/mol. The molecule has 3 aromatic rings. The first kappa shape index (κ1) is 38.3. The van der Waals surface area contributed by atoms with Gasteiger partial charge in [-0.05, 0) is 60.8 Å². The molecule has 3 N–H and O–H groups in total. The molecule has 17 nitrogen and oxygen atoms in total. The number of methoxy groups -OCH3 is 2. The third kappa shape index (κ3) is 7.62. The molecule has 4 aliphatic heterocycles. The Balaban J connectivity index is 1.00. The van der Waals surface area contributed by atoms with Gasteiger partial charge in [0.2, 0.25) is 11.8 Å². The summed E-state index contributed by atoms with van der Waals surface area (Å²) in [6.07, 6.45) is 5.90. The van der Waals surface area contributed by atoms with Gasteiger partial charge < -0.3 is 44.4 Å². The maximum absolute atomic E-state index is 13.6. The van der Waals surface area contributed by atoms with E-state index in [1.165, 1.54) is 14.2 Å². The summed E-state index contributed by atoms with van der Waals surface area (Å²) < 4.78 is 21.9. The predicted molar refractivity (Wildman–Crippen MR) is 203 cm³/mol. The van der Waals surface area contributed by atoms with E-state index in [2.05, 4.69) is 30.8 Å². The minimum Gasteiger partial charge on any atom is -0.453 e. The highest BCUT2D eigenvalue weighted by Crippen LogP contribution is 2.46. The number of hydrogen-bond acceptors (Lipinski definition) is 12. The van der Waals surface area contributed by atoms with E-state index in [4.69, 9.17) is 23.9 Å². The molecular weight excluding hydrogens is 722 g/mol. The summed E-state index contributed by atoms with van der Waals surface area (Å²) in [4.78, 5) is 67.3. The highest BCUT2D eigenvalue weighted by atomic mass is 16.6. The summed E-state index contributed by atoms with van der Waals surface area (Å²) in [5.41, 5.74) is 3.85. The van der Waals surface area contributed by atoms with E-state index >= 15 is 0 Å². The number of alkyl carbamates (subject to hydrolysis) is 2. The number of amides is 4. The number of allylic oxidation sites excluding steroid dienone is 1. The van der Waals surface area contributed by atoms with Crippen LogP contribution in [0.4, 0.5) is 9.59 Å². The normalized spacial score (nSPS) is 19.6. The molecule has 56 heavy (non-hydrogen) atoms. The Kier molecular flexibility index (Phi) is 10.9. The van der Waals surface area contributed by atoms with Crippen LogP contribution >= 0.6 is 0 Å². The Hall–Kier alpha value is -6.00. The molecule has 0 aliphatic carbocycles. The van der Waals surface area contributed by atoms with Crippen molar-refractivity contribution >= 4 is 35.3 Å². The fraction of sp³-hybridized carbons (Fsp3) is 0.487. The second kappa shape index (κ2) is 16.0. The lowest BCUT2D eigenvalue weighted by Crippen LogP contribution is -2.53. The molecule has 7 rings (SSSR count). The fourth-order valence-electron chi connectivity index (χ4n) is 7.65. The number of aromatic amines is 1. The number of hydrogen-bond donors (Lipinski definition) is 3. The van der Waals surface area contributed by atoms with Crippen molar-refractivity contribution in [1.29, 1.82) is 0 Å². The van der Waals surface area contributed by atoms with E-state index in [-0.39, 0.29) is 41.6 Å². The molecule has 6 heterocycles. The van der Waals surface area contributed by atoms with Gasteiger partial charge >= 0.3 is 12.2 Å². The summed E-state index contributed by atoms with van der Waals surface area (Å²) in [5, 5.41) is 14.1. The number of likely N-dealkylation sites (tertiary alicyclic amines) is 2. The number of carbonyl (C=O) groups is 4. The average molecular weight is 770 g/mol. The number of carbonyl (C=O) groups excluding carboxylic acids is 4. The molecule has 4 aliphatic rings. The van der Waals surface area contributed by atoms with Crippen molar-refractivity contribution in [2.75, 3.05) is 27.3 Å². The molecule has 0 bridgehead atoms. The van der Waals surface area contributed by atoms with E-state index in [0.717, 1.165) is 36.1 Å². The smallest absolute Gasteiger partial charge is 0.407 e. The lowest BCUT2D eigenvalue weighted by atomic mass is 9.97. The van der Waals surface area contributed by atoms with Crippen molar-refractivity contribution in [2.45, 2.75) is 84.0 Å². The summed E-state index contributed by atoms with van der Waals surface area (Å²) in [5.74, 6) is 1.60. The first-order chi connectivity index (χ1) is 26.9. The van der Waals surface area contributed by atoms with Crippen molar-refractivity contribution in [2.24, 2.45) is 16.8 Å². The third-order valence-electron chi connectivity index (χ3n) is 10.7. The largest absolute Gasteiger partial charge is 0.453 e. The molecule has 0 unspecified atom stereocenters. The standard InChI is InChI=1S/C39H47N9O8/c1-20(2)32(43-38(51)53-5)36(49)47-13-7-9-27(47)25-15-23(18-40-25)22-11-12-29-30(16-22)56-35-31(55-29)17-24(45-46-35)26-19-41-34(42-26)28-10-8-14-48(28)37(50)33(21(3)4)44-39(52)54-6/h11-12,16-21,27-28,32-33H,7-10,13-15H2,1-6H3,(H,41,42)(H,43,51)(H,44,52)/t27-,28-,32-,33-/m0/s1. The van der Waals surface area contributed by atoms with Crippen LogP contribution in [-0.2, 0) is 19.1 Å². The minimum absolute atomic E-state index is 0.117. The van der Waals surface area contributed by atoms with E-state index < -0.39 is 24.3 Å². The van der Waals surface area contributed by atoms with Crippen LogP contribution in [0.5, 0.6) is 23.1 Å². The van der Waals surface area contributed by atoms with Gasteiger partial charge in [0.15, 0.2) is 17.2 Å². The van der Waals surface area contributed by atoms with Crippen LogP contribution in [0, 0.1) is 11.8 Å². The van der Waals surface area contributed by atoms with Crippen LogP contribution in [-0.4, -0.2) is 105 Å². The van der Waals surface area contributed by atoms with Gasteiger partial charge in [-0.25, -0.2) is 14.6 Å². The zero-order valence-corrected chi connectivity index (χ0v) is 32.3. The Morgan fingerprint density at radius 3 is 2.11 bits per heavy atom. The molecule has 17 heteroatoms. The van der Waals surface area contributed by atoms with Crippen molar-refractivity contribution in [1.82, 2.24) is 40.6 Å². The summed E-state index contributed by atoms with van der Waals surface area (Å²) in [6, 6.07) is 5.49. The second-order valence-electron chi connectivity index (χ2n) is 15.0. The third-order valence-corrected chi connectivity index (χ3v) is 10.7. The first-order valence-corrected chi connectivity index (χ1v) is 18.9. The summed E-state index contributed by atoms with van der Waals surface area (Å²) in [7, 11) is 2.55. The number of nitrogens with zero attached hydrogens (tertiary/aromatic N) is 6. The quantitative estimate of drug-likeness (QED) is 0.187. The Labute approximate surface area is 324 Å². The lowest BCUT2D eigenvalue weighted by Gasteiger charge is -2.31. The number of fused-ring (bicyclic) bond motifs is 2. The lowest BCUT2D eigenvalue weighted by molar-refractivity contribution is -0.135. The Morgan fingerprint density at radius 2 is 1.46 bits per heavy atom.